The SMILES string of the molecule is CCCCCCCCCCCCCCCCCC(=O)O.CCCCCCCCCCCCCCCCCC(=O)OC(C(=O)O)C(O)C(=O)O.CCCCCCCCCCCCCCCCCC(=O)OC1(C(O)C(=O)OCCCO)OC1=O.O=C(O)C(O)C(O)C(=O)O.OCCCO. The molecular weight excluding hydrogens is 1260 g/mol. The number of aliphatic hydroxyl groups excluding tert-OH is 7. The van der Waals surface area contributed by atoms with Crippen LogP contribution in [0.2, 0.25) is 0 Å². The van der Waals surface area contributed by atoms with Crippen molar-refractivity contribution < 1.29 is 123 Å². The first-order chi connectivity index (χ1) is 46.5. The van der Waals surface area contributed by atoms with E-state index in [-0.39, 0.29) is 45.7 Å². The number of aliphatic hydroxyl groups is 7. The molecule has 0 spiro atoms. The summed E-state index contributed by atoms with van der Waals surface area (Å²) in [4.78, 5) is 98.3. The van der Waals surface area contributed by atoms with Gasteiger partial charge in [0, 0.05) is 45.5 Å². The Kier molecular flexibility index (Phi) is 73.2. The summed E-state index contributed by atoms with van der Waals surface area (Å²) in [5, 5.41) is 102. The monoisotopic (exact) mass is 1400 g/mol. The molecule has 572 valence electrons. The minimum absolute atomic E-state index is 0.0222. The molecule has 0 saturated carbocycles. The molecule has 25 nitrogen and oxygen atoms in total. The Morgan fingerprint density at radius 2 is 0.608 bits per heavy atom. The van der Waals surface area contributed by atoms with Gasteiger partial charge in [-0.3, -0.25) is 14.4 Å². The third kappa shape index (κ3) is 65.3. The first kappa shape index (κ1) is 98.3. The van der Waals surface area contributed by atoms with Crippen molar-refractivity contribution in [1.82, 2.24) is 0 Å². The average molecular weight is 1400 g/mol. The van der Waals surface area contributed by atoms with Gasteiger partial charge in [0.15, 0.2) is 18.3 Å². The van der Waals surface area contributed by atoms with E-state index in [1.807, 2.05) is 0 Å². The zero-order valence-electron chi connectivity index (χ0n) is 59.7. The molecule has 1 aliphatic heterocycles. The third-order valence-electron chi connectivity index (χ3n) is 16.0. The van der Waals surface area contributed by atoms with Crippen molar-refractivity contribution in [2.75, 3.05) is 26.4 Å². The zero-order valence-corrected chi connectivity index (χ0v) is 59.7. The molecule has 0 aromatic rings. The summed E-state index contributed by atoms with van der Waals surface area (Å²) in [6.07, 6.45) is 46.3. The second-order valence-corrected chi connectivity index (χ2v) is 25.1. The van der Waals surface area contributed by atoms with Gasteiger partial charge < -0.3 is 80.2 Å². The van der Waals surface area contributed by atoms with Crippen molar-refractivity contribution in [3.8, 4) is 0 Å². The smallest absolute Gasteiger partial charge is 0.400 e. The number of aliphatic carboxylic acids is 5. The van der Waals surface area contributed by atoms with E-state index < -0.39 is 90.0 Å². The predicted molar refractivity (Wildman–Crippen MR) is 367 cm³/mol. The zero-order chi connectivity index (χ0) is 73.6. The van der Waals surface area contributed by atoms with E-state index in [0.717, 1.165) is 51.4 Å². The number of carbonyl (C=O) groups excluding carboxylic acids is 4. The number of carboxylic acids is 5. The van der Waals surface area contributed by atoms with Crippen LogP contribution in [0.1, 0.15) is 342 Å². The fraction of sp³-hybridized carbons (Fsp3) is 0.875. The van der Waals surface area contributed by atoms with Crippen molar-refractivity contribution >= 4 is 53.7 Å². The first-order valence-electron chi connectivity index (χ1n) is 37.0. The molecule has 25 heteroatoms. The van der Waals surface area contributed by atoms with Crippen LogP contribution in [0.3, 0.4) is 0 Å². The van der Waals surface area contributed by atoms with Crippen molar-refractivity contribution in [3.63, 3.8) is 0 Å². The maximum Gasteiger partial charge on any atom is 0.400 e. The second-order valence-electron chi connectivity index (χ2n) is 25.1. The van der Waals surface area contributed by atoms with Crippen molar-refractivity contribution in [2.24, 2.45) is 0 Å². The molecule has 1 rings (SSSR count). The molecule has 1 fully saturated rings. The molecule has 0 aromatic carbocycles. The summed E-state index contributed by atoms with van der Waals surface area (Å²) in [5.41, 5.74) is 0. The molecule has 6 atom stereocenters. The Balaban J connectivity index is -0.000000614. The van der Waals surface area contributed by atoms with Gasteiger partial charge in [-0.15, -0.1) is 0 Å². The summed E-state index contributed by atoms with van der Waals surface area (Å²) in [5.74, 6) is -13.5. The molecule has 0 bridgehead atoms. The molecule has 0 radical (unpaired) electrons. The lowest BCUT2D eigenvalue weighted by Crippen LogP contribution is -2.43. The fourth-order valence-corrected chi connectivity index (χ4v) is 9.94. The summed E-state index contributed by atoms with van der Waals surface area (Å²) in [7, 11) is 0. The number of cyclic esters (lactones) is 1. The van der Waals surface area contributed by atoms with Crippen LogP contribution < -0.4 is 0 Å². The van der Waals surface area contributed by atoms with E-state index in [1.54, 1.807) is 0 Å². The molecule has 0 aliphatic carbocycles. The Labute approximate surface area is 579 Å². The van der Waals surface area contributed by atoms with Gasteiger partial charge in [-0.25, -0.2) is 28.8 Å². The summed E-state index contributed by atoms with van der Waals surface area (Å²) < 4.78 is 18.9. The first-order valence-corrected chi connectivity index (χ1v) is 37.0. The number of esters is 3. The quantitative estimate of drug-likeness (QED) is 0.0116. The van der Waals surface area contributed by atoms with Gasteiger partial charge >= 0.3 is 59.5 Å². The highest BCUT2D eigenvalue weighted by molar-refractivity contribution is 5.99. The number of ether oxygens (including phenoxy) is 4. The maximum atomic E-state index is 12.0. The minimum Gasteiger partial charge on any atom is -0.481 e. The lowest BCUT2D eigenvalue weighted by atomic mass is 10.0. The predicted octanol–water partition coefficient (Wildman–Crippen LogP) is 12.6. The maximum absolute atomic E-state index is 12.0. The molecule has 6 unspecified atom stereocenters. The van der Waals surface area contributed by atoms with Gasteiger partial charge in [0.1, 0.15) is 0 Å². The van der Waals surface area contributed by atoms with Gasteiger partial charge in [0.2, 0.25) is 12.2 Å². The van der Waals surface area contributed by atoms with Crippen molar-refractivity contribution in [3.05, 3.63) is 0 Å². The number of carboxylic acid groups (broad SMARTS) is 5. The Morgan fingerprint density at radius 3 is 0.835 bits per heavy atom. The van der Waals surface area contributed by atoms with Crippen molar-refractivity contribution in [1.29, 1.82) is 0 Å². The van der Waals surface area contributed by atoms with E-state index in [9.17, 15) is 53.4 Å². The normalized spacial score (nSPS) is 14.3. The highest BCUT2D eigenvalue weighted by atomic mass is 16.8. The van der Waals surface area contributed by atoms with Gasteiger partial charge in [-0.2, -0.15) is 0 Å². The molecule has 1 saturated heterocycles. The van der Waals surface area contributed by atoms with Crippen LogP contribution >= 0.6 is 0 Å². The number of carbonyl (C=O) groups is 9. The minimum atomic E-state index is -2.27. The van der Waals surface area contributed by atoms with Crippen LogP contribution in [0.15, 0.2) is 0 Å². The van der Waals surface area contributed by atoms with E-state index in [2.05, 4.69) is 30.2 Å². The Morgan fingerprint density at radius 1 is 0.351 bits per heavy atom. The number of rotatable bonds is 63. The standard InChI is InChI=1S/C25H44O8.C22H40O7.C18H36O2.C4H6O6.C3H8O2/c1-2-3-4-5-6-7-8-9-10-11-12-13-14-15-16-18-21(27)32-25(24(30)33-25)22(28)23(29)31-20-17-19-26;1-2-3-4-5-6-7-8-9-10-11-12-13-14-15-16-17-18(23)29-20(22(27)28)19(24)21(25)26;1-2-3-4-5-6-7-8-9-10-11-12-13-14-15-16-17-18(19)20;5-1(3(7)8)2(6)4(9)10;4-2-1-3-5/h22,26,28H,2-20H2,1H3;19-20,24H,2-17H2,1H3,(H,25,26)(H,27,28);2-17H2,1H3,(H,19,20);1-2,5-6H,(H,7,8)(H,9,10);4-5H,1-3H2. The van der Waals surface area contributed by atoms with Crippen LogP contribution in [-0.2, 0) is 62.1 Å². The molecule has 1 aliphatic rings. The molecule has 0 aromatic heterocycles. The average Bonchev–Trinajstić information content (AvgIpc) is 1.59. The van der Waals surface area contributed by atoms with Crippen LogP contribution in [0.25, 0.3) is 0 Å². The number of epoxide rings is 1. The van der Waals surface area contributed by atoms with Crippen LogP contribution in [-0.4, -0.2) is 178 Å². The van der Waals surface area contributed by atoms with Gasteiger partial charge in [-0.1, -0.05) is 290 Å². The molecule has 0 amide bonds. The summed E-state index contributed by atoms with van der Waals surface area (Å²) in [6.45, 7) is 6.64. The highest BCUT2D eigenvalue weighted by Crippen LogP contribution is 2.36. The topological polar surface area (TPSA) is 437 Å². The molecule has 97 heavy (non-hydrogen) atoms. The van der Waals surface area contributed by atoms with Crippen molar-refractivity contribution in [2.45, 2.75) is 378 Å². The van der Waals surface area contributed by atoms with Gasteiger partial charge in [-0.05, 0) is 25.7 Å². The summed E-state index contributed by atoms with van der Waals surface area (Å²) in [6, 6.07) is 0. The Bertz CT molecular complexity index is 1900. The van der Waals surface area contributed by atoms with Gasteiger partial charge in [0.05, 0.1) is 6.61 Å². The van der Waals surface area contributed by atoms with Crippen LogP contribution in [0, 0.1) is 0 Å². The Hall–Kier alpha value is -5.05. The lowest BCUT2D eigenvalue weighted by molar-refractivity contribution is -0.186. The third-order valence-corrected chi connectivity index (χ3v) is 16.0. The fourth-order valence-electron chi connectivity index (χ4n) is 9.94. The van der Waals surface area contributed by atoms with E-state index in [1.165, 1.54) is 225 Å². The summed E-state index contributed by atoms with van der Waals surface area (Å²) >= 11 is 0. The van der Waals surface area contributed by atoms with Gasteiger partial charge in [0.25, 0.3) is 0 Å². The molecule has 12 N–H and O–H groups in total. The molecular formula is C72H134O25. The lowest BCUT2D eigenvalue weighted by Gasteiger charge is -2.16. The molecule has 1 heterocycles. The van der Waals surface area contributed by atoms with E-state index >= 15 is 0 Å². The van der Waals surface area contributed by atoms with E-state index in [0.29, 0.717) is 25.7 Å². The number of unbranched alkanes of at least 4 members (excludes halogenated alkanes) is 42. The largest absolute Gasteiger partial charge is 0.481 e. The number of hydrogen-bond donors (Lipinski definition) is 12. The highest BCUT2D eigenvalue weighted by Gasteiger charge is 2.71. The second kappa shape index (κ2) is 72.2. The number of hydrogen-bond acceptors (Lipinski definition) is 20. The van der Waals surface area contributed by atoms with Crippen LogP contribution in [0.4, 0.5) is 0 Å². The van der Waals surface area contributed by atoms with E-state index in [4.69, 9.17) is 60.5 Å². The van der Waals surface area contributed by atoms with Crippen LogP contribution in [0.5, 0.6) is 0 Å².